The highest BCUT2D eigenvalue weighted by molar-refractivity contribution is 6.08. The Kier molecular flexibility index (Phi) is 4.07. The van der Waals surface area contributed by atoms with Crippen molar-refractivity contribution in [2.24, 2.45) is 5.92 Å². The molecule has 0 bridgehead atoms. The lowest BCUT2D eigenvalue weighted by atomic mass is 9.90. The third-order valence-electron chi connectivity index (χ3n) is 4.69. The van der Waals surface area contributed by atoms with Gasteiger partial charge in [0.05, 0.1) is 25.8 Å². The van der Waals surface area contributed by atoms with Crippen LogP contribution in [0.2, 0.25) is 0 Å². The summed E-state index contributed by atoms with van der Waals surface area (Å²) in [4.78, 5) is 38.4. The van der Waals surface area contributed by atoms with Crippen molar-refractivity contribution >= 4 is 17.6 Å². The molecule has 1 aliphatic carbocycles. The average molecular weight is 317 g/mol. The molecule has 0 radical (unpaired) electrons. The molecule has 6 heteroatoms. The number of ketones is 1. The Labute approximate surface area is 134 Å². The fraction of sp³-hybridized carbons (Fsp3) is 0.471. The summed E-state index contributed by atoms with van der Waals surface area (Å²) < 4.78 is 10.4. The number of carbonyl (C=O) groups is 3. The van der Waals surface area contributed by atoms with Crippen molar-refractivity contribution in [2.45, 2.75) is 31.7 Å². The zero-order valence-corrected chi connectivity index (χ0v) is 13.2. The molecule has 1 aliphatic heterocycles. The van der Waals surface area contributed by atoms with Crippen molar-refractivity contribution in [3.63, 3.8) is 0 Å². The van der Waals surface area contributed by atoms with Crippen molar-refractivity contribution in [3.8, 4) is 11.5 Å². The van der Waals surface area contributed by atoms with Gasteiger partial charge in [0.2, 0.25) is 5.91 Å². The summed E-state index contributed by atoms with van der Waals surface area (Å²) in [5, 5.41) is 0. The SMILES string of the molecule is COc1ccc(C(=O)N2C(=O)CCC3C(=O)CCC32)c(OC)c1. The molecular weight excluding hydrogens is 298 g/mol. The van der Waals surface area contributed by atoms with Gasteiger partial charge >= 0.3 is 0 Å². The Hall–Kier alpha value is -2.37. The van der Waals surface area contributed by atoms with Gasteiger partial charge in [-0.25, -0.2) is 0 Å². The number of imide groups is 1. The summed E-state index contributed by atoms with van der Waals surface area (Å²) in [5.41, 5.74) is 0.307. The molecule has 0 N–H and O–H groups in total. The molecule has 2 unspecified atom stereocenters. The Balaban J connectivity index is 1.95. The van der Waals surface area contributed by atoms with Crippen molar-refractivity contribution in [1.82, 2.24) is 4.90 Å². The topological polar surface area (TPSA) is 72.9 Å². The molecule has 1 saturated heterocycles. The number of piperidine rings is 1. The highest BCUT2D eigenvalue weighted by atomic mass is 16.5. The zero-order chi connectivity index (χ0) is 16.6. The highest BCUT2D eigenvalue weighted by Gasteiger charge is 2.46. The Morgan fingerprint density at radius 1 is 1.13 bits per heavy atom. The molecule has 2 atom stereocenters. The highest BCUT2D eigenvalue weighted by Crippen LogP contribution is 2.37. The van der Waals surface area contributed by atoms with Crippen LogP contribution in [0.5, 0.6) is 11.5 Å². The molecule has 2 aliphatic rings. The predicted octanol–water partition coefficient (Wildman–Crippen LogP) is 1.81. The van der Waals surface area contributed by atoms with E-state index in [9.17, 15) is 14.4 Å². The van der Waals surface area contributed by atoms with Crippen LogP contribution in [0.15, 0.2) is 18.2 Å². The number of fused-ring (bicyclic) bond motifs is 1. The van der Waals surface area contributed by atoms with Gasteiger partial charge in [-0.1, -0.05) is 0 Å². The monoisotopic (exact) mass is 317 g/mol. The van der Waals surface area contributed by atoms with Gasteiger partial charge in [0.15, 0.2) is 0 Å². The fourth-order valence-corrected chi connectivity index (χ4v) is 3.51. The van der Waals surface area contributed by atoms with Gasteiger partial charge in [-0.2, -0.15) is 0 Å². The number of nitrogens with zero attached hydrogens (tertiary/aromatic N) is 1. The van der Waals surface area contributed by atoms with E-state index in [0.29, 0.717) is 36.3 Å². The standard InChI is InChI=1S/C17H19NO5/c1-22-10-3-4-12(15(9-10)23-2)17(21)18-13-6-7-14(19)11(13)5-8-16(18)20/h3-4,9,11,13H,5-8H2,1-2H3. The lowest BCUT2D eigenvalue weighted by Gasteiger charge is -2.35. The summed E-state index contributed by atoms with van der Waals surface area (Å²) in [6.07, 6.45) is 1.77. The van der Waals surface area contributed by atoms with Gasteiger partial charge in [-0.3, -0.25) is 19.3 Å². The van der Waals surface area contributed by atoms with Gasteiger partial charge in [-0.05, 0) is 25.0 Å². The lowest BCUT2D eigenvalue weighted by Crippen LogP contribution is -2.50. The van der Waals surface area contributed by atoms with Crippen molar-refractivity contribution in [1.29, 1.82) is 0 Å². The second kappa shape index (κ2) is 6.02. The summed E-state index contributed by atoms with van der Waals surface area (Å²) in [5.74, 6) is 0.247. The molecule has 0 spiro atoms. The average Bonchev–Trinajstić information content (AvgIpc) is 2.94. The zero-order valence-electron chi connectivity index (χ0n) is 13.2. The van der Waals surface area contributed by atoms with Crippen LogP contribution in [0.4, 0.5) is 0 Å². The smallest absolute Gasteiger partial charge is 0.264 e. The summed E-state index contributed by atoms with van der Waals surface area (Å²) in [6, 6.07) is 4.54. The number of carbonyl (C=O) groups excluding carboxylic acids is 3. The van der Waals surface area contributed by atoms with E-state index in [1.54, 1.807) is 18.2 Å². The molecule has 23 heavy (non-hydrogen) atoms. The second-order valence-electron chi connectivity index (χ2n) is 5.85. The molecule has 0 aromatic heterocycles. The van der Waals surface area contributed by atoms with Crippen LogP contribution in [-0.2, 0) is 9.59 Å². The van der Waals surface area contributed by atoms with Crippen LogP contribution in [0.25, 0.3) is 0 Å². The number of amides is 2. The van der Waals surface area contributed by atoms with Crippen molar-refractivity contribution in [3.05, 3.63) is 23.8 Å². The molecular formula is C17H19NO5. The van der Waals surface area contributed by atoms with Crippen molar-refractivity contribution in [2.75, 3.05) is 14.2 Å². The molecule has 1 heterocycles. The van der Waals surface area contributed by atoms with Gasteiger partial charge in [0.1, 0.15) is 17.3 Å². The third-order valence-corrected chi connectivity index (χ3v) is 4.69. The minimum absolute atomic E-state index is 0.155. The maximum Gasteiger partial charge on any atom is 0.264 e. The van der Waals surface area contributed by atoms with Crippen LogP contribution in [0.1, 0.15) is 36.0 Å². The Bertz CT molecular complexity index is 669. The lowest BCUT2D eigenvalue weighted by molar-refractivity contribution is -0.135. The minimum atomic E-state index is -0.404. The fourth-order valence-electron chi connectivity index (χ4n) is 3.51. The third kappa shape index (κ3) is 2.58. The molecule has 1 aromatic rings. The first-order valence-corrected chi connectivity index (χ1v) is 7.68. The van der Waals surface area contributed by atoms with Crippen LogP contribution in [0, 0.1) is 5.92 Å². The molecule has 1 saturated carbocycles. The number of methoxy groups -OCH3 is 2. The van der Waals surface area contributed by atoms with E-state index in [-0.39, 0.29) is 30.1 Å². The number of hydrogen-bond donors (Lipinski definition) is 0. The number of benzene rings is 1. The van der Waals surface area contributed by atoms with E-state index in [1.165, 1.54) is 19.1 Å². The Morgan fingerprint density at radius 3 is 2.61 bits per heavy atom. The van der Waals surface area contributed by atoms with E-state index in [0.717, 1.165) is 0 Å². The van der Waals surface area contributed by atoms with E-state index in [1.807, 2.05) is 0 Å². The maximum atomic E-state index is 12.9. The van der Waals surface area contributed by atoms with Gasteiger partial charge < -0.3 is 9.47 Å². The molecule has 2 fully saturated rings. The van der Waals surface area contributed by atoms with Crippen LogP contribution in [0.3, 0.4) is 0 Å². The predicted molar refractivity (Wildman–Crippen MR) is 81.5 cm³/mol. The minimum Gasteiger partial charge on any atom is -0.497 e. The Morgan fingerprint density at radius 2 is 1.91 bits per heavy atom. The van der Waals surface area contributed by atoms with E-state index in [4.69, 9.17) is 9.47 Å². The van der Waals surface area contributed by atoms with Gasteiger partial charge in [-0.15, -0.1) is 0 Å². The second-order valence-corrected chi connectivity index (χ2v) is 5.85. The largest absolute Gasteiger partial charge is 0.497 e. The summed E-state index contributed by atoms with van der Waals surface area (Å²) in [7, 11) is 2.99. The first-order valence-electron chi connectivity index (χ1n) is 7.68. The van der Waals surface area contributed by atoms with Crippen molar-refractivity contribution < 1.29 is 23.9 Å². The number of rotatable bonds is 3. The normalized spacial score (nSPS) is 23.7. The first-order chi connectivity index (χ1) is 11.1. The van der Waals surface area contributed by atoms with E-state index in [2.05, 4.69) is 0 Å². The van der Waals surface area contributed by atoms with E-state index < -0.39 is 5.91 Å². The number of likely N-dealkylation sites (tertiary alicyclic amines) is 1. The first kappa shape index (κ1) is 15.5. The van der Waals surface area contributed by atoms with E-state index >= 15 is 0 Å². The van der Waals surface area contributed by atoms with Crippen LogP contribution < -0.4 is 9.47 Å². The molecule has 1 aromatic carbocycles. The molecule has 122 valence electrons. The van der Waals surface area contributed by atoms with Crippen LogP contribution in [-0.4, -0.2) is 42.8 Å². The molecule has 2 amide bonds. The van der Waals surface area contributed by atoms with Gasteiger partial charge in [0, 0.05) is 24.8 Å². The summed E-state index contributed by atoms with van der Waals surface area (Å²) >= 11 is 0. The maximum absolute atomic E-state index is 12.9. The number of Topliss-reactive ketones (excluding diaryl/α,β-unsaturated/α-hetero) is 1. The molecule has 6 nitrogen and oxygen atoms in total. The van der Waals surface area contributed by atoms with Crippen LogP contribution >= 0.6 is 0 Å². The number of hydrogen-bond acceptors (Lipinski definition) is 5. The summed E-state index contributed by atoms with van der Waals surface area (Å²) in [6.45, 7) is 0. The molecule has 3 rings (SSSR count). The van der Waals surface area contributed by atoms with Gasteiger partial charge in [0.25, 0.3) is 5.91 Å². The quantitative estimate of drug-likeness (QED) is 0.795. The number of ether oxygens (including phenoxy) is 2.